The molecule has 3 N–H and O–H groups in total. The molecule has 2 rings (SSSR count). The highest BCUT2D eigenvalue weighted by Gasteiger charge is 2.19. The number of nitrogens with two attached hydrogens (primary N) is 1. The minimum atomic E-state index is -3.74. The van der Waals surface area contributed by atoms with Gasteiger partial charge in [-0.25, -0.2) is 22.5 Å². The third-order valence-corrected chi connectivity index (χ3v) is 4.47. The number of pyridine rings is 1. The summed E-state index contributed by atoms with van der Waals surface area (Å²) in [6.45, 7) is 1.98. The average molecular weight is 309 g/mol. The molecule has 112 valence electrons. The lowest BCUT2D eigenvalue weighted by atomic mass is 10.1. The van der Waals surface area contributed by atoms with Crippen molar-refractivity contribution in [3.8, 4) is 0 Å². The van der Waals surface area contributed by atoms with Gasteiger partial charge < -0.3 is 5.73 Å². The van der Waals surface area contributed by atoms with Crippen LogP contribution in [0, 0.1) is 5.82 Å². The predicted molar refractivity (Wildman–Crippen MR) is 77.3 cm³/mol. The summed E-state index contributed by atoms with van der Waals surface area (Å²) in [5.74, 6) is -0.368. The van der Waals surface area contributed by atoms with Gasteiger partial charge in [0.1, 0.15) is 5.82 Å². The topological polar surface area (TPSA) is 85.1 Å². The Morgan fingerprint density at radius 3 is 2.43 bits per heavy atom. The van der Waals surface area contributed by atoms with Crippen molar-refractivity contribution in [2.24, 2.45) is 5.73 Å². The van der Waals surface area contributed by atoms with E-state index in [1.807, 2.05) is 0 Å². The molecule has 0 saturated heterocycles. The fourth-order valence-electron chi connectivity index (χ4n) is 1.80. The molecule has 7 heteroatoms. The standard InChI is InChI=1S/C14H16FN3O2S/c1-10(12-3-5-13(15)6-4-12)18-21(19,20)14-7-2-11(8-16)9-17-14/h2-7,9-10,18H,8,16H2,1H3. The molecule has 0 radical (unpaired) electrons. The highest BCUT2D eigenvalue weighted by Crippen LogP contribution is 2.16. The van der Waals surface area contributed by atoms with E-state index < -0.39 is 16.1 Å². The van der Waals surface area contributed by atoms with Crippen LogP contribution >= 0.6 is 0 Å². The van der Waals surface area contributed by atoms with Gasteiger partial charge in [-0.05, 0) is 36.2 Å². The molecular formula is C14H16FN3O2S. The van der Waals surface area contributed by atoms with E-state index in [2.05, 4.69) is 9.71 Å². The smallest absolute Gasteiger partial charge is 0.258 e. The molecule has 0 fully saturated rings. The second kappa shape index (κ2) is 6.30. The van der Waals surface area contributed by atoms with Crippen molar-refractivity contribution in [2.45, 2.75) is 24.5 Å². The zero-order valence-corrected chi connectivity index (χ0v) is 12.3. The lowest BCUT2D eigenvalue weighted by Crippen LogP contribution is -2.27. The van der Waals surface area contributed by atoms with Crippen LogP contribution in [0.4, 0.5) is 4.39 Å². The van der Waals surface area contributed by atoms with Crippen LogP contribution in [0.3, 0.4) is 0 Å². The molecule has 0 amide bonds. The molecule has 21 heavy (non-hydrogen) atoms. The van der Waals surface area contributed by atoms with E-state index >= 15 is 0 Å². The van der Waals surface area contributed by atoms with Gasteiger partial charge in [0, 0.05) is 18.8 Å². The Morgan fingerprint density at radius 1 is 1.24 bits per heavy atom. The van der Waals surface area contributed by atoms with Crippen LogP contribution in [-0.4, -0.2) is 13.4 Å². The summed E-state index contributed by atoms with van der Waals surface area (Å²) in [6, 6.07) is 8.17. The second-order valence-electron chi connectivity index (χ2n) is 4.60. The molecule has 0 aliphatic rings. The van der Waals surface area contributed by atoms with E-state index in [1.54, 1.807) is 13.0 Å². The van der Waals surface area contributed by atoms with E-state index in [0.29, 0.717) is 12.1 Å². The Labute approximate surface area is 123 Å². The minimum Gasteiger partial charge on any atom is -0.326 e. The normalized spacial score (nSPS) is 13.1. The number of benzene rings is 1. The van der Waals surface area contributed by atoms with Crippen LogP contribution in [0.5, 0.6) is 0 Å². The maximum atomic E-state index is 12.9. The summed E-state index contributed by atoms with van der Waals surface area (Å²) < 4.78 is 39.8. The fraction of sp³-hybridized carbons (Fsp3) is 0.214. The second-order valence-corrected chi connectivity index (χ2v) is 6.26. The quantitative estimate of drug-likeness (QED) is 0.880. The van der Waals surface area contributed by atoms with Gasteiger partial charge in [-0.2, -0.15) is 0 Å². The molecule has 0 aliphatic carbocycles. The van der Waals surface area contributed by atoms with Crippen LogP contribution in [0.1, 0.15) is 24.1 Å². The SMILES string of the molecule is CC(NS(=O)(=O)c1ccc(CN)cn1)c1ccc(F)cc1. The molecule has 0 bridgehead atoms. The summed E-state index contributed by atoms with van der Waals surface area (Å²) in [6.07, 6.45) is 1.43. The molecule has 1 heterocycles. The molecule has 0 aliphatic heterocycles. The fourth-order valence-corrected chi connectivity index (χ4v) is 2.96. The van der Waals surface area contributed by atoms with Crippen molar-refractivity contribution in [3.05, 3.63) is 59.5 Å². The summed E-state index contributed by atoms with van der Waals surface area (Å²) in [5, 5.41) is -0.0753. The lowest BCUT2D eigenvalue weighted by molar-refractivity contribution is 0.562. The highest BCUT2D eigenvalue weighted by molar-refractivity contribution is 7.89. The largest absolute Gasteiger partial charge is 0.326 e. The van der Waals surface area contributed by atoms with E-state index in [-0.39, 0.29) is 10.8 Å². The van der Waals surface area contributed by atoms with Gasteiger partial charge >= 0.3 is 0 Å². The number of halogens is 1. The van der Waals surface area contributed by atoms with Gasteiger partial charge in [0.2, 0.25) is 0 Å². The number of aromatic nitrogens is 1. The van der Waals surface area contributed by atoms with E-state index in [4.69, 9.17) is 5.73 Å². The van der Waals surface area contributed by atoms with Crippen molar-refractivity contribution in [1.82, 2.24) is 9.71 Å². The maximum Gasteiger partial charge on any atom is 0.258 e. The number of nitrogens with one attached hydrogen (secondary N) is 1. The van der Waals surface area contributed by atoms with Gasteiger partial charge in [0.25, 0.3) is 10.0 Å². The monoisotopic (exact) mass is 309 g/mol. The Hall–Kier alpha value is -1.83. The average Bonchev–Trinajstić information content (AvgIpc) is 2.47. The van der Waals surface area contributed by atoms with Crippen molar-refractivity contribution < 1.29 is 12.8 Å². The molecule has 1 unspecified atom stereocenters. The Bertz CT molecular complexity index is 700. The molecule has 1 aromatic heterocycles. The number of hydrogen-bond donors (Lipinski definition) is 2. The molecular weight excluding hydrogens is 293 g/mol. The first-order valence-corrected chi connectivity index (χ1v) is 7.83. The van der Waals surface area contributed by atoms with Crippen LogP contribution < -0.4 is 10.5 Å². The van der Waals surface area contributed by atoms with Gasteiger partial charge in [-0.1, -0.05) is 18.2 Å². The van der Waals surface area contributed by atoms with Gasteiger partial charge in [-0.15, -0.1) is 0 Å². The van der Waals surface area contributed by atoms with Crippen LogP contribution in [0.25, 0.3) is 0 Å². The molecule has 0 saturated carbocycles. The zero-order chi connectivity index (χ0) is 15.5. The predicted octanol–water partition coefficient (Wildman–Crippen LogP) is 1.72. The van der Waals surface area contributed by atoms with Gasteiger partial charge in [0.15, 0.2) is 5.03 Å². The van der Waals surface area contributed by atoms with Gasteiger partial charge in [-0.3, -0.25) is 0 Å². The third-order valence-electron chi connectivity index (χ3n) is 3.01. The van der Waals surface area contributed by atoms with Crippen molar-refractivity contribution in [2.75, 3.05) is 0 Å². The first-order valence-electron chi connectivity index (χ1n) is 6.35. The molecule has 1 atom stereocenters. The molecule has 2 aromatic rings. The maximum absolute atomic E-state index is 12.9. The summed E-state index contributed by atoms with van der Waals surface area (Å²) in [5.41, 5.74) is 6.86. The Balaban J connectivity index is 2.17. The summed E-state index contributed by atoms with van der Waals surface area (Å²) >= 11 is 0. The van der Waals surface area contributed by atoms with Crippen molar-refractivity contribution in [1.29, 1.82) is 0 Å². The van der Waals surface area contributed by atoms with E-state index in [0.717, 1.165) is 5.56 Å². The van der Waals surface area contributed by atoms with E-state index in [9.17, 15) is 12.8 Å². The van der Waals surface area contributed by atoms with Crippen molar-refractivity contribution >= 4 is 10.0 Å². The van der Waals surface area contributed by atoms with Crippen molar-refractivity contribution in [3.63, 3.8) is 0 Å². The van der Waals surface area contributed by atoms with Crippen LogP contribution in [0.2, 0.25) is 0 Å². The molecule has 5 nitrogen and oxygen atoms in total. The molecule has 1 aromatic carbocycles. The summed E-state index contributed by atoms with van der Waals surface area (Å²) in [4.78, 5) is 3.89. The number of nitrogens with zero attached hydrogens (tertiary/aromatic N) is 1. The van der Waals surface area contributed by atoms with E-state index in [1.165, 1.54) is 36.5 Å². The first kappa shape index (κ1) is 15.6. The zero-order valence-electron chi connectivity index (χ0n) is 11.5. The number of hydrogen-bond acceptors (Lipinski definition) is 4. The third kappa shape index (κ3) is 3.84. The highest BCUT2D eigenvalue weighted by atomic mass is 32.2. The van der Waals surface area contributed by atoms with Crippen LogP contribution in [-0.2, 0) is 16.6 Å². The lowest BCUT2D eigenvalue weighted by Gasteiger charge is -2.14. The van der Waals surface area contributed by atoms with Gasteiger partial charge in [0.05, 0.1) is 0 Å². The molecule has 0 spiro atoms. The Morgan fingerprint density at radius 2 is 1.90 bits per heavy atom. The Kier molecular flexibility index (Phi) is 4.66. The minimum absolute atomic E-state index is 0.0753. The first-order chi connectivity index (χ1) is 9.92. The van der Waals surface area contributed by atoms with Crippen LogP contribution in [0.15, 0.2) is 47.6 Å². The number of rotatable bonds is 5. The summed E-state index contributed by atoms with van der Waals surface area (Å²) in [7, 11) is -3.74. The number of sulfonamides is 1.